The van der Waals surface area contributed by atoms with Crippen molar-refractivity contribution in [1.82, 2.24) is 5.32 Å². The van der Waals surface area contributed by atoms with Gasteiger partial charge in [0, 0.05) is 12.8 Å². The van der Waals surface area contributed by atoms with Gasteiger partial charge in [0.2, 0.25) is 5.91 Å². The average Bonchev–Trinajstić information content (AvgIpc) is 3.51. The van der Waals surface area contributed by atoms with Gasteiger partial charge in [-0.2, -0.15) is 0 Å². The van der Waals surface area contributed by atoms with Crippen LogP contribution in [0.15, 0.2) is 12.2 Å². The van der Waals surface area contributed by atoms with Crippen molar-refractivity contribution in [2.45, 2.75) is 469 Å². The van der Waals surface area contributed by atoms with Crippen molar-refractivity contribution < 1.29 is 24.5 Å². The van der Waals surface area contributed by atoms with Gasteiger partial charge in [-0.25, -0.2) is 0 Å². The average molecular weight is 1200 g/mol. The summed E-state index contributed by atoms with van der Waals surface area (Å²) in [5.74, 6) is -0.0121. The molecule has 2 atom stereocenters. The number of hydrogen-bond acceptors (Lipinski definition) is 5. The molecule has 0 aliphatic carbocycles. The van der Waals surface area contributed by atoms with E-state index in [1.54, 1.807) is 0 Å². The standard InChI is InChI=1S/C79H155NO5/c1-3-5-7-9-11-13-15-17-18-19-20-21-22-33-36-39-42-45-48-51-55-59-63-67-71-77(82)76(75-81)80-78(83)72-68-64-60-56-52-49-46-43-40-37-34-31-29-27-25-23-24-26-28-30-32-35-38-41-44-47-50-54-58-62-66-70-74-85-79(84)73-69-65-61-57-53-16-14-12-10-8-6-4-2/h12,14,76-77,81-82H,3-11,13,15-75H2,1-2H3,(H,80,83)/b14-12-. The Hall–Kier alpha value is -1.40. The van der Waals surface area contributed by atoms with Crippen molar-refractivity contribution in [3.63, 3.8) is 0 Å². The Morgan fingerprint density at radius 1 is 0.318 bits per heavy atom. The van der Waals surface area contributed by atoms with Crippen molar-refractivity contribution in [2.24, 2.45) is 0 Å². The second-order valence-electron chi connectivity index (χ2n) is 27.4. The molecule has 0 rings (SSSR count). The molecule has 85 heavy (non-hydrogen) atoms. The zero-order chi connectivity index (χ0) is 61.3. The predicted molar refractivity (Wildman–Crippen MR) is 375 cm³/mol. The SMILES string of the molecule is CCCCC/C=C\CCCCCCCC(=O)OCCCCCCCCCCCCCCCCCCCCCCCCCCCCCCCCCCC(=O)NC(CO)C(O)CCCCCCCCCCCCCCCCCCCCCCCCCC. The van der Waals surface area contributed by atoms with E-state index in [-0.39, 0.29) is 18.5 Å². The molecule has 0 aromatic carbocycles. The van der Waals surface area contributed by atoms with Crippen LogP contribution in [0.2, 0.25) is 0 Å². The maximum absolute atomic E-state index is 12.6. The third-order valence-corrected chi connectivity index (χ3v) is 18.8. The molecular formula is C79H155NO5. The van der Waals surface area contributed by atoms with E-state index in [0.29, 0.717) is 25.9 Å². The van der Waals surface area contributed by atoms with Crippen molar-refractivity contribution in [3.05, 3.63) is 12.2 Å². The molecule has 0 heterocycles. The summed E-state index contributed by atoms with van der Waals surface area (Å²) < 4.78 is 5.48. The third-order valence-electron chi connectivity index (χ3n) is 18.8. The van der Waals surface area contributed by atoms with E-state index in [1.165, 1.54) is 379 Å². The van der Waals surface area contributed by atoms with Gasteiger partial charge in [0.15, 0.2) is 0 Å². The molecule has 0 bridgehead atoms. The van der Waals surface area contributed by atoms with E-state index in [4.69, 9.17) is 4.74 Å². The van der Waals surface area contributed by atoms with Crippen LogP contribution >= 0.6 is 0 Å². The monoisotopic (exact) mass is 1200 g/mol. The van der Waals surface area contributed by atoms with Crippen molar-refractivity contribution in [2.75, 3.05) is 13.2 Å². The fourth-order valence-electron chi connectivity index (χ4n) is 12.8. The molecule has 0 saturated carbocycles. The highest BCUT2D eigenvalue weighted by Crippen LogP contribution is 2.20. The highest BCUT2D eigenvalue weighted by Gasteiger charge is 2.20. The lowest BCUT2D eigenvalue weighted by atomic mass is 10.0. The Morgan fingerprint density at radius 2 is 0.553 bits per heavy atom. The van der Waals surface area contributed by atoms with Crippen molar-refractivity contribution >= 4 is 11.9 Å². The number of aliphatic hydroxyl groups excluding tert-OH is 2. The van der Waals surface area contributed by atoms with Crippen LogP contribution in [0.3, 0.4) is 0 Å². The quantitative estimate of drug-likeness (QED) is 0.0320. The molecule has 3 N–H and O–H groups in total. The minimum Gasteiger partial charge on any atom is -0.466 e. The van der Waals surface area contributed by atoms with Gasteiger partial charge < -0.3 is 20.3 Å². The second kappa shape index (κ2) is 75.1. The number of carbonyl (C=O) groups excluding carboxylic acids is 2. The number of amides is 1. The Morgan fingerprint density at radius 3 is 0.859 bits per heavy atom. The minimum atomic E-state index is -0.662. The lowest BCUT2D eigenvalue weighted by molar-refractivity contribution is -0.143. The van der Waals surface area contributed by atoms with Gasteiger partial charge >= 0.3 is 5.97 Å². The maximum Gasteiger partial charge on any atom is 0.305 e. The molecule has 0 spiro atoms. The summed E-state index contributed by atoms with van der Waals surface area (Å²) in [7, 11) is 0. The van der Waals surface area contributed by atoms with Crippen LogP contribution in [-0.4, -0.2) is 47.4 Å². The molecule has 0 saturated heterocycles. The predicted octanol–water partition coefficient (Wildman–Crippen LogP) is 25.9. The lowest BCUT2D eigenvalue weighted by Crippen LogP contribution is -2.45. The fourth-order valence-corrected chi connectivity index (χ4v) is 12.8. The van der Waals surface area contributed by atoms with Crippen LogP contribution in [0, 0.1) is 0 Å². The first kappa shape index (κ1) is 83.6. The molecule has 506 valence electrons. The van der Waals surface area contributed by atoms with Gasteiger partial charge in [-0.3, -0.25) is 9.59 Å². The van der Waals surface area contributed by atoms with E-state index in [9.17, 15) is 19.8 Å². The summed E-state index contributed by atoms with van der Waals surface area (Å²) in [4.78, 5) is 24.6. The summed E-state index contributed by atoms with van der Waals surface area (Å²) in [6.07, 6.45) is 94.5. The number of aliphatic hydroxyl groups is 2. The van der Waals surface area contributed by atoms with Crippen molar-refractivity contribution in [1.29, 1.82) is 0 Å². The van der Waals surface area contributed by atoms with Gasteiger partial charge in [-0.15, -0.1) is 0 Å². The van der Waals surface area contributed by atoms with Crippen molar-refractivity contribution in [3.8, 4) is 0 Å². The number of esters is 1. The number of rotatable bonds is 75. The molecule has 6 heteroatoms. The van der Waals surface area contributed by atoms with Crippen LogP contribution in [0.4, 0.5) is 0 Å². The Bertz CT molecular complexity index is 1290. The largest absolute Gasteiger partial charge is 0.466 e. The molecule has 0 radical (unpaired) electrons. The highest BCUT2D eigenvalue weighted by molar-refractivity contribution is 5.76. The number of allylic oxidation sites excluding steroid dienone is 2. The number of hydrogen-bond donors (Lipinski definition) is 3. The number of carbonyl (C=O) groups is 2. The van der Waals surface area contributed by atoms with Gasteiger partial charge in [0.1, 0.15) is 0 Å². The molecule has 0 aromatic rings. The Kier molecular flexibility index (Phi) is 73.8. The zero-order valence-corrected chi connectivity index (χ0v) is 58.1. The topological polar surface area (TPSA) is 95.9 Å². The van der Waals surface area contributed by atoms with Crippen LogP contribution < -0.4 is 5.32 Å². The molecule has 6 nitrogen and oxygen atoms in total. The molecular weight excluding hydrogens is 1040 g/mol. The van der Waals surface area contributed by atoms with E-state index in [0.717, 1.165) is 44.9 Å². The summed E-state index contributed by atoms with van der Waals surface area (Å²) in [6.45, 7) is 4.98. The highest BCUT2D eigenvalue weighted by atomic mass is 16.5. The molecule has 0 aliphatic heterocycles. The van der Waals surface area contributed by atoms with Gasteiger partial charge in [0.25, 0.3) is 0 Å². The Balaban J connectivity index is 3.33. The van der Waals surface area contributed by atoms with Gasteiger partial charge in [0.05, 0.1) is 25.4 Å². The summed E-state index contributed by atoms with van der Waals surface area (Å²) in [5, 5.41) is 23.5. The number of unbranched alkanes of at least 4 members (excludes halogenated alkanes) is 62. The number of nitrogens with one attached hydrogen (secondary N) is 1. The first-order valence-electron chi connectivity index (χ1n) is 39.4. The lowest BCUT2D eigenvalue weighted by Gasteiger charge is -2.22. The van der Waals surface area contributed by atoms with E-state index in [2.05, 4.69) is 31.3 Å². The maximum atomic E-state index is 12.6. The van der Waals surface area contributed by atoms with Crippen LogP contribution in [0.25, 0.3) is 0 Å². The third kappa shape index (κ3) is 71.6. The molecule has 0 aromatic heterocycles. The zero-order valence-electron chi connectivity index (χ0n) is 58.1. The molecule has 2 unspecified atom stereocenters. The normalized spacial score (nSPS) is 12.5. The van der Waals surface area contributed by atoms with Crippen LogP contribution in [0.5, 0.6) is 0 Å². The second-order valence-corrected chi connectivity index (χ2v) is 27.4. The molecule has 0 fully saturated rings. The molecule has 1 amide bonds. The minimum absolute atomic E-state index is 0.0122. The number of ether oxygens (including phenoxy) is 1. The van der Waals surface area contributed by atoms with Crippen LogP contribution in [-0.2, 0) is 14.3 Å². The van der Waals surface area contributed by atoms with E-state index in [1.807, 2.05) is 0 Å². The first-order chi connectivity index (χ1) is 42.0. The van der Waals surface area contributed by atoms with E-state index < -0.39 is 12.1 Å². The van der Waals surface area contributed by atoms with Gasteiger partial charge in [-0.05, 0) is 51.4 Å². The Labute approximate surface area is 533 Å². The first-order valence-corrected chi connectivity index (χ1v) is 39.4. The smallest absolute Gasteiger partial charge is 0.305 e. The van der Waals surface area contributed by atoms with Crippen LogP contribution in [0.1, 0.15) is 457 Å². The van der Waals surface area contributed by atoms with Gasteiger partial charge in [-0.1, -0.05) is 405 Å². The fraction of sp³-hybridized carbons (Fsp3) is 0.949. The van der Waals surface area contributed by atoms with E-state index >= 15 is 0 Å². The summed E-state index contributed by atoms with van der Waals surface area (Å²) >= 11 is 0. The summed E-state index contributed by atoms with van der Waals surface area (Å²) in [6, 6.07) is -0.539. The molecule has 0 aliphatic rings. The summed E-state index contributed by atoms with van der Waals surface area (Å²) in [5.41, 5.74) is 0.